The fourth-order valence-corrected chi connectivity index (χ4v) is 1.37. The number of benzene rings is 1. The Bertz CT molecular complexity index is 491. The molecule has 1 aromatic rings. The van der Waals surface area contributed by atoms with E-state index >= 15 is 0 Å². The van der Waals surface area contributed by atoms with Crippen LogP contribution in [0.5, 0.6) is 5.75 Å². The third-order valence-corrected chi connectivity index (χ3v) is 2.23. The molecule has 0 saturated heterocycles. The van der Waals surface area contributed by atoms with Crippen molar-refractivity contribution in [2.75, 3.05) is 0 Å². The molecule has 1 N–H and O–H groups in total. The zero-order valence-corrected chi connectivity index (χ0v) is 10.8. The number of hydrogen-bond acceptors (Lipinski definition) is 4. The van der Waals surface area contributed by atoms with E-state index < -0.39 is 22.5 Å². The van der Waals surface area contributed by atoms with Crippen molar-refractivity contribution in [3.63, 3.8) is 0 Å². The van der Waals surface area contributed by atoms with E-state index in [0.717, 1.165) is 12.1 Å². The second-order valence-corrected chi connectivity index (χ2v) is 4.29. The number of nitro benzene ring substituents is 1. The first-order valence-electron chi connectivity index (χ1n) is 5.72. The molecular weight excluding hydrogens is 255 g/mol. The minimum Gasteiger partial charge on any atom is -0.481 e. The molecule has 1 rings (SSSR count). The number of rotatable bonds is 5. The number of nitrogens with one attached hydrogen (secondary N) is 1. The van der Waals surface area contributed by atoms with Crippen molar-refractivity contribution in [2.24, 2.45) is 0 Å². The van der Waals surface area contributed by atoms with Crippen LogP contribution < -0.4 is 10.1 Å². The van der Waals surface area contributed by atoms with Crippen LogP contribution in [0.1, 0.15) is 20.8 Å². The maximum Gasteiger partial charge on any atom is 0.305 e. The number of halogens is 1. The molecule has 0 saturated carbocycles. The van der Waals surface area contributed by atoms with Gasteiger partial charge >= 0.3 is 5.69 Å². The van der Waals surface area contributed by atoms with Crippen LogP contribution in [0.15, 0.2) is 18.2 Å². The number of carbonyl (C=O) groups is 1. The summed E-state index contributed by atoms with van der Waals surface area (Å²) in [5.41, 5.74) is -0.633. The van der Waals surface area contributed by atoms with Crippen molar-refractivity contribution in [1.82, 2.24) is 5.32 Å². The Labute approximate surface area is 109 Å². The SMILES string of the molecule is CC(C)NC(=O)C(C)Oc1ccc([N+](=O)[O-])c(F)c1. The largest absolute Gasteiger partial charge is 0.481 e. The first-order chi connectivity index (χ1) is 8.81. The van der Waals surface area contributed by atoms with Gasteiger partial charge in [-0.2, -0.15) is 4.39 Å². The van der Waals surface area contributed by atoms with Gasteiger partial charge in [0.2, 0.25) is 5.82 Å². The lowest BCUT2D eigenvalue weighted by molar-refractivity contribution is -0.387. The van der Waals surface area contributed by atoms with Crippen LogP contribution in [0, 0.1) is 15.9 Å². The first-order valence-corrected chi connectivity index (χ1v) is 5.72. The number of carbonyl (C=O) groups excluding carboxylic acids is 1. The number of ether oxygens (including phenoxy) is 1. The maximum absolute atomic E-state index is 13.3. The van der Waals surface area contributed by atoms with Crippen LogP contribution in [-0.4, -0.2) is 23.0 Å². The van der Waals surface area contributed by atoms with Crippen LogP contribution in [-0.2, 0) is 4.79 Å². The monoisotopic (exact) mass is 270 g/mol. The predicted molar refractivity (Wildman–Crippen MR) is 66.4 cm³/mol. The normalized spacial score (nSPS) is 12.1. The zero-order chi connectivity index (χ0) is 14.6. The molecule has 104 valence electrons. The van der Waals surface area contributed by atoms with Crippen LogP contribution in [0.2, 0.25) is 0 Å². The fourth-order valence-electron chi connectivity index (χ4n) is 1.37. The topological polar surface area (TPSA) is 81.5 Å². The second kappa shape index (κ2) is 6.12. The summed E-state index contributed by atoms with van der Waals surface area (Å²) >= 11 is 0. The van der Waals surface area contributed by atoms with Gasteiger partial charge in [-0.3, -0.25) is 14.9 Å². The Morgan fingerprint density at radius 2 is 2.05 bits per heavy atom. The van der Waals surface area contributed by atoms with Crippen molar-refractivity contribution in [1.29, 1.82) is 0 Å². The molecular formula is C12H15FN2O4. The molecule has 6 nitrogen and oxygen atoms in total. The van der Waals surface area contributed by atoms with Crippen LogP contribution in [0.3, 0.4) is 0 Å². The molecule has 0 aliphatic rings. The van der Waals surface area contributed by atoms with Gasteiger partial charge in [-0.25, -0.2) is 0 Å². The molecule has 1 unspecified atom stereocenters. The second-order valence-electron chi connectivity index (χ2n) is 4.29. The molecule has 0 aliphatic carbocycles. The average Bonchev–Trinajstić information content (AvgIpc) is 2.27. The summed E-state index contributed by atoms with van der Waals surface area (Å²) in [5.74, 6) is -1.28. The summed E-state index contributed by atoms with van der Waals surface area (Å²) in [4.78, 5) is 21.2. The number of nitrogens with zero attached hydrogens (tertiary/aromatic N) is 1. The minimum atomic E-state index is -1.00. The van der Waals surface area contributed by atoms with E-state index in [1.165, 1.54) is 13.0 Å². The summed E-state index contributed by atoms with van der Waals surface area (Å²) in [5, 5.41) is 13.1. The van der Waals surface area contributed by atoms with Crippen LogP contribution in [0.25, 0.3) is 0 Å². The number of hydrogen-bond donors (Lipinski definition) is 1. The molecule has 0 spiro atoms. The zero-order valence-electron chi connectivity index (χ0n) is 10.8. The molecule has 0 aliphatic heterocycles. The van der Waals surface area contributed by atoms with Crippen molar-refractivity contribution >= 4 is 11.6 Å². The Hall–Kier alpha value is -2.18. The fraction of sp³-hybridized carbons (Fsp3) is 0.417. The van der Waals surface area contributed by atoms with Crippen molar-refractivity contribution < 1.29 is 18.8 Å². The Morgan fingerprint density at radius 3 is 2.53 bits per heavy atom. The van der Waals surface area contributed by atoms with E-state index in [4.69, 9.17) is 4.74 Å². The van der Waals surface area contributed by atoms with Gasteiger partial charge in [-0.05, 0) is 26.8 Å². The quantitative estimate of drug-likeness (QED) is 0.655. The van der Waals surface area contributed by atoms with Crippen LogP contribution in [0.4, 0.5) is 10.1 Å². The van der Waals surface area contributed by atoms with Crippen molar-refractivity contribution in [3.05, 3.63) is 34.1 Å². The van der Waals surface area contributed by atoms with Gasteiger partial charge in [0.05, 0.1) is 4.92 Å². The minimum absolute atomic E-state index is 0.0350. The van der Waals surface area contributed by atoms with Gasteiger partial charge in [0.1, 0.15) is 5.75 Å². The van der Waals surface area contributed by atoms with Gasteiger partial charge in [0.25, 0.3) is 5.91 Å². The molecule has 1 atom stereocenters. The van der Waals surface area contributed by atoms with Crippen molar-refractivity contribution in [2.45, 2.75) is 32.9 Å². The highest BCUT2D eigenvalue weighted by molar-refractivity contribution is 5.80. The van der Waals surface area contributed by atoms with E-state index in [9.17, 15) is 19.3 Å². The van der Waals surface area contributed by atoms with E-state index in [-0.39, 0.29) is 17.7 Å². The van der Waals surface area contributed by atoms with Gasteiger partial charge in [-0.15, -0.1) is 0 Å². The smallest absolute Gasteiger partial charge is 0.305 e. The lowest BCUT2D eigenvalue weighted by atomic mass is 10.2. The highest BCUT2D eigenvalue weighted by Gasteiger charge is 2.18. The van der Waals surface area contributed by atoms with E-state index in [1.807, 2.05) is 0 Å². The van der Waals surface area contributed by atoms with Gasteiger partial charge in [-0.1, -0.05) is 0 Å². The molecule has 7 heteroatoms. The molecule has 1 aromatic carbocycles. The third kappa shape index (κ3) is 4.20. The molecule has 0 heterocycles. The first kappa shape index (κ1) is 14.9. The van der Waals surface area contributed by atoms with E-state index in [2.05, 4.69) is 5.32 Å². The lowest BCUT2D eigenvalue weighted by Gasteiger charge is -2.16. The summed E-state index contributed by atoms with van der Waals surface area (Å²) in [6.07, 6.45) is -0.816. The summed E-state index contributed by atoms with van der Waals surface area (Å²) < 4.78 is 18.6. The van der Waals surface area contributed by atoms with E-state index in [1.54, 1.807) is 13.8 Å². The number of nitro groups is 1. The Morgan fingerprint density at radius 1 is 1.42 bits per heavy atom. The Balaban J connectivity index is 2.75. The van der Waals surface area contributed by atoms with Crippen molar-refractivity contribution in [3.8, 4) is 5.75 Å². The third-order valence-electron chi connectivity index (χ3n) is 2.23. The highest BCUT2D eigenvalue weighted by Crippen LogP contribution is 2.23. The van der Waals surface area contributed by atoms with E-state index in [0.29, 0.717) is 0 Å². The van der Waals surface area contributed by atoms with Crippen LogP contribution >= 0.6 is 0 Å². The molecule has 0 radical (unpaired) electrons. The van der Waals surface area contributed by atoms with Gasteiger partial charge in [0, 0.05) is 18.2 Å². The molecule has 0 fully saturated rings. The molecule has 0 bridgehead atoms. The Kier molecular flexibility index (Phi) is 4.80. The number of amides is 1. The predicted octanol–water partition coefficient (Wildman–Crippen LogP) is 2.03. The van der Waals surface area contributed by atoms with Gasteiger partial charge in [0.15, 0.2) is 6.10 Å². The average molecular weight is 270 g/mol. The summed E-state index contributed by atoms with van der Waals surface area (Å²) in [6, 6.07) is 3.10. The highest BCUT2D eigenvalue weighted by atomic mass is 19.1. The maximum atomic E-state index is 13.3. The van der Waals surface area contributed by atoms with Gasteiger partial charge < -0.3 is 10.1 Å². The summed E-state index contributed by atoms with van der Waals surface area (Å²) in [6.45, 7) is 5.11. The standard InChI is InChI=1S/C12H15FN2O4/c1-7(2)14-12(16)8(3)19-9-4-5-11(15(17)18)10(13)6-9/h4-8H,1-3H3,(H,14,16). The molecule has 19 heavy (non-hydrogen) atoms. The molecule has 1 amide bonds. The lowest BCUT2D eigenvalue weighted by Crippen LogP contribution is -2.40. The molecule has 0 aromatic heterocycles. The summed E-state index contributed by atoms with van der Waals surface area (Å²) in [7, 11) is 0.